The van der Waals surface area contributed by atoms with Crippen molar-refractivity contribution in [1.29, 1.82) is 0 Å². The van der Waals surface area contributed by atoms with Gasteiger partial charge < -0.3 is 15.1 Å². The Balaban J connectivity index is 1.55. The third-order valence-corrected chi connectivity index (χ3v) is 3.68. The SMILES string of the molecule is c1coc(CCNCc2cccc3c2CCNC3)c1. The first-order chi connectivity index (χ1) is 9.43. The van der Waals surface area contributed by atoms with Crippen LogP contribution in [-0.2, 0) is 25.9 Å². The van der Waals surface area contributed by atoms with Crippen molar-refractivity contribution >= 4 is 0 Å². The van der Waals surface area contributed by atoms with Gasteiger partial charge in [-0.25, -0.2) is 0 Å². The van der Waals surface area contributed by atoms with E-state index in [1.165, 1.54) is 16.7 Å². The van der Waals surface area contributed by atoms with Crippen LogP contribution in [0.5, 0.6) is 0 Å². The van der Waals surface area contributed by atoms with Crippen molar-refractivity contribution in [3.05, 3.63) is 59.0 Å². The summed E-state index contributed by atoms with van der Waals surface area (Å²) < 4.78 is 5.33. The van der Waals surface area contributed by atoms with Crippen molar-refractivity contribution in [3.8, 4) is 0 Å². The average molecular weight is 256 g/mol. The Bertz CT molecular complexity index is 520. The van der Waals surface area contributed by atoms with Crippen LogP contribution in [0.2, 0.25) is 0 Å². The second kappa shape index (κ2) is 6.04. The maximum absolute atomic E-state index is 5.33. The highest BCUT2D eigenvalue weighted by Gasteiger charge is 2.11. The van der Waals surface area contributed by atoms with Crippen LogP contribution in [0.25, 0.3) is 0 Å². The zero-order valence-corrected chi connectivity index (χ0v) is 11.1. The predicted octanol–water partition coefficient (Wildman–Crippen LogP) is 2.26. The molecule has 0 spiro atoms. The Morgan fingerprint density at radius 1 is 1.21 bits per heavy atom. The molecule has 2 N–H and O–H groups in total. The first kappa shape index (κ1) is 12.5. The molecule has 0 fully saturated rings. The molecule has 2 heterocycles. The summed E-state index contributed by atoms with van der Waals surface area (Å²) in [5.74, 6) is 1.05. The van der Waals surface area contributed by atoms with Gasteiger partial charge in [-0.05, 0) is 41.8 Å². The third kappa shape index (κ3) is 3.06. The molecule has 1 aliphatic rings. The van der Waals surface area contributed by atoms with Gasteiger partial charge in [-0.15, -0.1) is 0 Å². The quantitative estimate of drug-likeness (QED) is 0.806. The van der Waals surface area contributed by atoms with Crippen LogP contribution < -0.4 is 10.6 Å². The molecule has 19 heavy (non-hydrogen) atoms. The highest BCUT2D eigenvalue weighted by molar-refractivity contribution is 5.36. The van der Waals surface area contributed by atoms with Gasteiger partial charge in [0, 0.05) is 26.1 Å². The van der Waals surface area contributed by atoms with Crippen LogP contribution in [0.4, 0.5) is 0 Å². The molecule has 0 amide bonds. The number of nitrogens with one attached hydrogen (secondary N) is 2. The maximum atomic E-state index is 5.33. The van der Waals surface area contributed by atoms with E-state index in [0.29, 0.717) is 0 Å². The number of hydrogen-bond acceptors (Lipinski definition) is 3. The molecule has 1 aromatic heterocycles. The van der Waals surface area contributed by atoms with Crippen molar-refractivity contribution < 1.29 is 4.42 Å². The fourth-order valence-corrected chi connectivity index (χ4v) is 2.67. The second-order valence-corrected chi connectivity index (χ2v) is 4.99. The highest BCUT2D eigenvalue weighted by atomic mass is 16.3. The lowest BCUT2D eigenvalue weighted by molar-refractivity contribution is 0.498. The number of hydrogen-bond donors (Lipinski definition) is 2. The largest absolute Gasteiger partial charge is 0.469 e. The van der Waals surface area contributed by atoms with Gasteiger partial charge in [0.1, 0.15) is 5.76 Å². The predicted molar refractivity (Wildman–Crippen MR) is 76.0 cm³/mol. The van der Waals surface area contributed by atoms with Gasteiger partial charge >= 0.3 is 0 Å². The number of fused-ring (bicyclic) bond motifs is 1. The molecule has 0 atom stereocenters. The van der Waals surface area contributed by atoms with E-state index < -0.39 is 0 Å². The Morgan fingerprint density at radius 3 is 3.11 bits per heavy atom. The zero-order chi connectivity index (χ0) is 12.9. The first-order valence-electron chi connectivity index (χ1n) is 6.97. The van der Waals surface area contributed by atoms with E-state index >= 15 is 0 Å². The fourth-order valence-electron chi connectivity index (χ4n) is 2.67. The molecular weight excluding hydrogens is 236 g/mol. The van der Waals surface area contributed by atoms with Gasteiger partial charge in [0.25, 0.3) is 0 Å². The number of benzene rings is 1. The lowest BCUT2D eigenvalue weighted by Gasteiger charge is -2.20. The summed E-state index contributed by atoms with van der Waals surface area (Å²) in [6.07, 6.45) is 3.82. The number of furan rings is 1. The van der Waals surface area contributed by atoms with Crippen molar-refractivity contribution in [3.63, 3.8) is 0 Å². The van der Waals surface area contributed by atoms with Crippen LogP contribution in [0, 0.1) is 0 Å². The lowest BCUT2D eigenvalue weighted by atomic mass is 9.95. The summed E-state index contributed by atoms with van der Waals surface area (Å²) in [4.78, 5) is 0. The first-order valence-corrected chi connectivity index (χ1v) is 6.97. The van der Waals surface area contributed by atoms with Gasteiger partial charge in [0.05, 0.1) is 6.26 Å². The Hall–Kier alpha value is -1.58. The Morgan fingerprint density at radius 2 is 2.21 bits per heavy atom. The van der Waals surface area contributed by atoms with Crippen LogP contribution in [0.1, 0.15) is 22.5 Å². The van der Waals surface area contributed by atoms with Crippen LogP contribution in [-0.4, -0.2) is 13.1 Å². The van der Waals surface area contributed by atoms with Crippen LogP contribution in [0.3, 0.4) is 0 Å². The van der Waals surface area contributed by atoms with Crippen molar-refractivity contribution in [2.45, 2.75) is 25.9 Å². The average Bonchev–Trinajstić information content (AvgIpc) is 2.97. The summed E-state index contributed by atoms with van der Waals surface area (Å²) in [7, 11) is 0. The second-order valence-electron chi connectivity index (χ2n) is 4.99. The highest BCUT2D eigenvalue weighted by Crippen LogP contribution is 2.18. The molecule has 3 nitrogen and oxygen atoms in total. The smallest absolute Gasteiger partial charge is 0.105 e. The van der Waals surface area contributed by atoms with Crippen molar-refractivity contribution in [2.75, 3.05) is 13.1 Å². The number of rotatable bonds is 5. The fraction of sp³-hybridized carbons (Fsp3) is 0.375. The third-order valence-electron chi connectivity index (χ3n) is 3.68. The molecule has 1 aliphatic heterocycles. The van der Waals surface area contributed by atoms with E-state index in [4.69, 9.17) is 4.42 Å². The molecule has 3 heteroatoms. The monoisotopic (exact) mass is 256 g/mol. The topological polar surface area (TPSA) is 37.2 Å². The Labute approximate surface area is 114 Å². The van der Waals surface area contributed by atoms with Crippen LogP contribution in [0.15, 0.2) is 41.0 Å². The van der Waals surface area contributed by atoms with Gasteiger partial charge in [0.15, 0.2) is 0 Å². The minimum absolute atomic E-state index is 0.948. The maximum Gasteiger partial charge on any atom is 0.105 e. The van der Waals surface area contributed by atoms with E-state index in [1.807, 2.05) is 12.1 Å². The van der Waals surface area contributed by atoms with Gasteiger partial charge in [-0.1, -0.05) is 18.2 Å². The van der Waals surface area contributed by atoms with E-state index in [2.05, 4.69) is 28.8 Å². The minimum Gasteiger partial charge on any atom is -0.469 e. The molecule has 0 unspecified atom stereocenters. The molecule has 0 bridgehead atoms. The molecule has 0 radical (unpaired) electrons. The van der Waals surface area contributed by atoms with E-state index in [0.717, 1.165) is 44.8 Å². The Kier molecular flexibility index (Phi) is 3.96. The van der Waals surface area contributed by atoms with E-state index in [9.17, 15) is 0 Å². The summed E-state index contributed by atoms with van der Waals surface area (Å²) in [5.41, 5.74) is 4.43. The van der Waals surface area contributed by atoms with Gasteiger partial charge in [-0.2, -0.15) is 0 Å². The summed E-state index contributed by atoms with van der Waals surface area (Å²) >= 11 is 0. The molecule has 0 aliphatic carbocycles. The standard InChI is InChI=1S/C16H20N2O/c1-3-13(16-7-9-18-12-14(16)4-1)11-17-8-6-15-5-2-10-19-15/h1-5,10,17-18H,6-9,11-12H2. The van der Waals surface area contributed by atoms with Gasteiger partial charge in [0.2, 0.25) is 0 Å². The molecule has 3 rings (SSSR count). The van der Waals surface area contributed by atoms with Crippen molar-refractivity contribution in [1.82, 2.24) is 10.6 Å². The lowest BCUT2D eigenvalue weighted by Crippen LogP contribution is -2.26. The normalized spacial score (nSPS) is 14.3. The van der Waals surface area contributed by atoms with Gasteiger partial charge in [-0.3, -0.25) is 0 Å². The molecule has 0 saturated carbocycles. The summed E-state index contributed by atoms with van der Waals surface area (Å²) in [6.45, 7) is 4.01. The molecule has 100 valence electrons. The summed E-state index contributed by atoms with van der Waals surface area (Å²) in [6, 6.07) is 10.6. The van der Waals surface area contributed by atoms with Crippen LogP contribution >= 0.6 is 0 Å². The minimum atomic E-state index is 0.948. The zero-order valence-electron chi connectivity index (χ0n) is 11.1. The summed E-state index contributed by atoms with van der Waals surface area (Å²) in [5, 5.41) is 6.93. The molecule has 2 aromatic rings. The molecule has 0 saturated heterocycles. The van der Waals surface area contributed by atoms with Crippen molar-refractivity contribution in [2.24, 2.45) is 0 Å². The molecule has 1 aromatic carbocycles. The molecular formula is C16H20N2O. The van der Waals surface area contributed by atoms with E-state index in [1.54, 1.807) is 6.26 Å². The van der Waals surface area contributed by atoms with E-state index in [-0.39, 0.29) is 0 Å².